The number of benzene rings is 1. The van der Waals surface area contributed by atoms with Gasteiger partial charge in [0.25, 0.3) is 0 Å². The van der Waals surface area contributed by atoms with Gasteiger partial charge < -0.3 is 9.84 Å². The van der Waals surface area contributed by atoms with Gasteiger partial charge in [0.15, 0.2) is 15.1 Å². The maximum absolute atomic E-state index is 12.2. The molecule has 1 aromatic rings. The van der Waals surface area contributed by atoms with E-state index in [2.05, 4.69) is 0 Å². The molecule has 5 nitrogen and oxygen atoms in total. The normalized spacial score (nSPS) is 20.1. The van der Waals surface area contributed by atoms with Crippen LogP contribution in [0.15, 0.2) is 24.3 Å². The fourth-order valence-corrected chi connectivity index (χ4v) is 4.27. The van der Waals surface area contributed by atoms with E-state index in [0.29, 0.717) is 6.61 Å². The van der Waals surface area contributed by atoms with Crippen molar-refractivity contribution in [3.63, 3.8) is 0 Å². The molecule has 0 saturated carbocycles. The van der Waals surface area contributed by atoms with Crippen molar-refractivity contribution in [1.82, 2.24) is 0 Å². The van der Waals surface area contributed by atoms with Gasteiger partial charge in [0, 0.05) is 0 Å². The second-order valence-electron chi connectivity index (χ2n) is 4.87. The van der Waals surface area contributed by atoms with Crippen molar-refractivity contribution in [2.45, 2.75) is 31.1 Å². The van der Waals surface area contributed by atoms with Gasteiger partial charge in [-0.2, -0.15) is 0 Å². The van der Waals surface area contributed by atoms with E-state index in [9.17, 15) is 13.2 Å². The van der Waals surface area contributed by atoms with Gasteiger partial charge in [0.2, 0.25) is 0 Å². The van der Waals surface area contributed by atoms with Gasteiger partial charge in [0.05, 0.1) is 18.5 Å². The van der Waals surface area contributed by atoms with Crippen LogP contribution in [0.5, 0.6) is 0 Å². The van der Waals surface area contributed by atoms with E-state index in [1.807, 2.05) is 24.3 Å². The summed E-state index contributed by atoms with van der Waals surface area (Å²) in [6, 6.07) is 7.53. The third-order valence-corrected chi connectivity index (χ3v) is 5.73. The van der Waals surface area contributed by atoms with Crippen LogP contribution in [0.1, 0.15) is 30.6 Å². The average molecular weight is 298 g/mol. The van der Waals surface area contributed by atoms with Crippen LogP contribution in [0.4, 0.5) is 0 Å². The Hall–Kier alpha value is -1.40. The first-order valence-electron chi connectivity index (χ1n) is 6.59. The standard InChI is InChI=1S/C14H18O5S/c1-2-13(14(15)16)20(17,18)9-12-11-6-4-3-5-10(11)7-8-19-12/h3-6,12-13H,2,7-9H2,1H3,(H,15,16). The van der Waals surface area contributed by atoms with Crippen LogP contribution in [0.25, 0.3) is 0 Å². The Morgan fingerprint density at radius 1 is 1.45 bits per heavy atom. The first kappa shape index (κ1) is 15.0. The summed E-state index contributed by atoms with van der Waals surface area (Å²) in [5, 5.41) is 7.65. The number of ether oxygens (including phenoxy) is 1. The van der Waals surface area contributed by atoms with Crippen LogP contribution >= 0.6 is 0 Å². The number of hydrogen-bond donors (Lipinski definition) is 1. The Labute approximate surface area is 118 Å². The lowest BCUT2D eigenvalue weighted by Gasteiger charge is -2.26. The summed E-state index contributed by atoms with van der Waals surface area (Å²) in [5.74, 6) is -1.58. The number of rotatable bonds is 5. The van der Waals surface area contributed by atoms with E-state index >= 15 is 0 Å². The molecule has 6 heteroatoms. The zero-order chi connectivity index (χ0) is 14.8. The largest absolute Gasteiger partial charge is 0.480 e. The molecule has 1 aliphatic heterocycles. The molecule has 1 aliphatic rings. The minimum Gasteiger partial charge on any atom is -0.480 e. The van der Waals surface area contributed by atoms with Gasteiger partial charge >= 0.3 is 5.97 Å². The minimum absolute atomic E-state index is 0.0615. The lowest BCUT2D eigenvalue weighted by Crippen LogP contribution is -2.35. The van der Waals surface area contributed by atoms with Crippen molar-refractivity contribution in [3.8, 4) is 0 Å². The van der Waals surface area contributed by atoms with Gasteiger partial charge in [-0.3, -0.25) is 4.79 Å². The molecule has 0 radical (unpaired) electrons. The van der Waals surface area contributed by atoms with Crippen LogP contribution in [0.3, 0.4) is 0 Å². The van der Waals surface area contributed by atoms with Gasteiger partial charge in [-0.05, 0) is 24.0 Å². The van der Waals surface area contributed by atoms with Crippen molar-refractivity contribution in [2.75, 3.05) is 12.4 Å². The predicted octanol–water partition coefficient (Wildman–Crippen LogP) is 1.58. The summed E-state index contributed by atoms with van der Waals surface area (Å²) in [6.07, 6.45) is 0.243. The SMILES string of the molecule is CCC(C(=O)O)S(=O)(=O)CC1OCCc2ccccc21. The quantitative estimate of drug-likeness (QED) is 0.892. The Kier molecular flexibility index (Phi) is 4.45. The van der Waals surface area contributed by atoms with Crippen molar-refractivity contribution in [3.05, 3.63) is 35.4 Å². The Balaban J connectivity index is 2.25. The zero-order valence-corrected chi connectivity index (χ0v) is 12.1. The molecular formula is C14H18O5S. The lowest BCUT2D eigenvalue weighted by molar-refractivity contribution is -0.136. The maximum atomic E-state index is 12.2. The van der Waals surface area contributed by atoms with E-state index in [4.69, 9.17) is 9.84 Å². The number of hydrogen-bond acceptors (Lipinski definition) is 4. The highest BCUT2D eigenvalue weighted by molar-refractivity contribution is 7.92. The van der Waals surface area contributed by atoms with Crippen molar-refractivity contribution < 1.29 is 23.1 Å². The number of fused-ring (bicyclic) bond motifs is 1. The molecule has 0 bridgehead atoms. The number of carbonyl (C=O) groups is 1. The molecule has 0 spiro atoms. The molecule has 2 rings (SSSR count). The molecule has 1 N–H and O–H groups in total. The fraction of sp³-hybridized carbons (Fsp3) is 0.500. The van der Waals surface area contributed by atoms with Crippen LogP contribution in [-0.4, -0.2) is 37.1 Å². The first-order chi connectivity index (χ1) is 9.45. The van der Waals surface area contributed by atoms with E-state index in [1.165, 1.54) is 0 Å². The molecule has 1 heterocycles. The summed E-state index contributed by atoms with van der Waals surface area (Å²) in [4.78, 5) is 11.0. The van der Waals surface area contributed by atoms with Crippen LogP contribution in [0, 0.1) is 0 Å². The summed E-state index contributed by atoms with van der Waals surface area (Å²) >= 11 is 0. The number of carboxylic acid groups (broad SMARTS) is 1. The Morgan fingerprint density at radius 3 is 2.80 bits per heavy atom. The van der Waals surface area contributed by atoms with Crippen molar-refractivity contribution in [1.29, 1.82) is 0 Å². The van der Waals surface area contributed by atoms with Crippen molar-refractivity contribution in [2.24, 2.45) is 0 Å². The summed E-state index contributed by atoms with van der Waals surface area (Å²) in [5.41, 5.74) is 1.92. The molecule has 0 saturated heterocycles. The van der Waals surface area contributed by atoms with Gasteiger partial charge in [-0.25, -0.2) is 8.42 Å². The second kappa shape index (κ2) is 5.93. The van der Waals surface area contributed by atoms with E-state index < -0.39 is 27.2 Å². The van der Waals surface area contributed by atoms with Crippen molar-refractivity contribution >= 4 is 15.8 Å². The molecule has 20 heavy (non-hydrogen) atoms. The van der Waals surface area contributed by atoms with Crippen LogP contribution in [-0.2, 0) is 25.8 Å². The Morgan fingerprint density at radius 2 is 2.15 bits per heavy atom. The molecule has 0 aliphatic carbocycles. The summed E-state index contributed by atoms with van der Waals surface area (Å²) in [7, 11) is -3.74. The molecule has 0 amide bonds. The fourth-order valence-electron chi connectivity index (χ4n) is 2.52. The zero-order valence-electron chi connectivity index (χ0n) is 11.3. The van der Waals surface area contributed by atoms with E-state index in [-0.39, 0.29) is 12.2 Å². The third-order valence-electron chi connectivity index (χ3n) is 3.56. The van der Waals surface area contributed by atoms with Gasteiger partial charge in [-0.1, -0.05) is 31.2 Å². The number of sulfone groups is 1. The molecule has 1 aromatic carbocycles. The third kappa shape index (κ3) is 3.02. The maximum Gasteiger partial charge on any atom is 0.321 e. The number of carboxylic acids is 1. The summed E-state index contributed by atoms with van der Waals surface area (Å²) in [6.45, 7) is 2.02. The van der Waals surface area contributed by atoms with E-state index in [1.54, 1.807) is 6.92 Å². The predicted molar refractivity (Wildman–Crippen MR) is 74.3 cm³/mol. The topological polar surface area (TPSA) is 80.7 Å². The molecular weight excluding hydrogens is 280 g/mol. The monoisotopic (exact) mass is 298 g/mol. The molecule has 2 unspecified atom stereocenters. The first-order valence-corrected chi connectivity index (χ1v) is 8.31. The minimum atomic E-state index is -3.74. The molecule has 0 aromatic heterocycles. The summed E-state index contributed by atoms with van der Waals surface area (Å²) < 4.78 is 30.0. The smallest absolute Gasteiger partial charge is 0.321 e. The molecule has 2 atom stereocenters. The lowest BCUT2D eigenvalue weighted by atomic mass is 9.99. The average Bonchev–Trinajstić information content (AvgIpc) is 2.38. The molecule has 110 valence electrons. The highest BCUT2D eigenvalue weighted by atomic mass is 32.2. The van der Waals surface area contributed by atoms with Gasteiger partial charge in [0.1, 0.15) is 0 Å². The van der Waals surface area contributed by atoms with Crippen LogP contribution < -0.4 is 0 Å². The Bertz CT molecular complexity index is 593. The molecule has 0 fully saturated rings. The highest BCUT2D eigenvalue weighted by Gasteiger charge is 2.35. The van der Waals surface area contributed by atoms with Gasteiger partial charge in [-0.15, -0.1) is 0 Å². The highest BCUT2D eigenvalue weighted by Crippen LogP contribution is 2.29. The number of aliphatic carboxylic acids is 1. The van der Waals surface area contributed by atoms with E-state index in [0.717, 1.165) is 17.5 Å². The van der Waals surface area contributed by atoms with Crippen LogP contribution in [0.2, 0.25) is 0 Å². The second-order valence-corrected chi connectivity index (χ2v) is 7.10.